The van der Waals surface area contributed by atoms with Crippen molar-refractivity contribution in [3.63, 3.8) is 0 Å². The second-order valence-electron chi connectivity index (χ2n) is 14.4. The van der Waals surface area contributed by atoms with Crippen molar-refractivity contribution < 1.29 is 4.42 Å². The van der Waals surface area contributed by atoms with Gasteiger partial charge in [-0.2, -0.15) is 0 Å². The standard InChI is InChI=1S/C53H33N3O/c1-3-13-34(14-4-1)40-19-11-20-42(32-40)53-55-51(37-16-5-2-6-17-37)54-52(56-53)38-28-26-36(27-29-38)43-23-12-24-48-49(43)47-33-46(44-21-9-10-22-45(44)50(47)57-48)41-30-25-35-15-7-8-18-39(35)31-41/h1-33H. The number of hydrogen-bond donors (Lipinski definition) is 0. The lowest BCUT2D eigenvalue weighted by Crippen LogP contribution is -2.00. The molecule has 11 aromatic rings. The molecule has 266 valence electrons. The molecule has 4 heteroatoms. The summed E-state index contributed by atoms with van der Waals surface area (Å²) in [5.74, 6) is 1.88. The van der Waals surface area contributed by atoms with Gasteiger partial charge in [-0.3, -0.25) is 0 Å². The van der Waals surface area contributed by atoms with Crippen LogP contribution in [0.15, 0.2) is 205 Å². The third-order valence-electron chi connectivity index (χ3n) is 10.9. The molecule has 0 bridgehead atoms. The van der Waals surface area contributed by atoms with E-state index >= 15 is 0 Å². The van der Waals surface area contributed by atoms with Gasteiger partial charge in [-0.25, -0.2) is 15.0 Å². The first-order valence-electron chi connectivity index (χ1n) is 19.2. The molecule has 0 radical (unpaired) electrons. The molecule has 0 aliphatic heterocycles. The van der Waals surface area contributed by atoms with Crippen LogP contribution in [0, 0.1) is 0 Å². The normalized spacial score (nSPS) is 11.5. The van der Waals surface area contributed by atoms with Crippen LogP contribution in [-0.2, 0) is 0 Å². The molecule has 0 atom stereocenters. The summed E-state index contributed by atoms with van der Waals surface area (Å²) in [7, 11) is 0. The maximum Gasteiger partial charge on any atom is 0.164 e. The van der Waals surface area contributed by atoms with E-state index < -0.39 is 0 Å². The van der Waals surface area contributed by atoms with Gasteiger partial charge in [-0.1, -0.05) is 176 Å². The Kier molecular flexibility index (Phi) is 7.78. The van der Waals surface area contributed by atoms with E-state index in [2.05, 4.69) is 164 Å². The van der Waals surface area contributed by atoms with Crippen molar-refractivity contribution >= 4 is 43.5 Å². The minimum absolute atomic E-state index is 0.619. The first-order valence-corrected chi connectivity index (χ1v) is 19.2. The third-order valence-corrected chi connectivity index (χ3v) is 10.9. The minimum atomic E-state index is 0.619. The van der Waals surface area contributed by atoms with Crippen LogP contribution in [0.2, 0.25) is 0 Å². The van der Waals surface area contributed by atoms with Gasteiger partial charge in [0.1, 0.15) is 11.2 Å². The highest BCUT2D eigenvalue weighted by Crippen LogP contribution is 2.43. The van der Waals surface area contributed by atoms with E-state index in [4.69, 9.17) is 19.4 Å². The van der Waals surface area contributed by atoms with Gasteiger partial charge in [0.25, 0.3) is 0 Å². The molecule has 0 N–H and O–H groups in total. The molecule has 0 fully saturated rings. The van der Waals surface area contributed by atoms with Crippen molar-refractivity contribution in [3.8, 4) is 67.5 Å². The first kappa shape index (κ1) is 32.7. The molecule has 0 saturated carbocycles. The smallest absolute Gasteiger partial charge is 0.164 e. The summed E-state index contributed by atoms with van der Waals surface area (Å²) in [6.07, 6.45) is 0. The van der Waals surface area contributed by atoms with E-state index in [-0.39, 0.29) is 0 Å². The molecule has 0 saturated heterocycles. The van der Waals surface area contributed by atoms with Crippen molar-refractivity contribution in [2.45, 2.75) is 0 Å². The van der Waals surface area contributed by atoms with Crippen LogP contribution in [0.4, 0.5) is 0 Å². The van der Waals surface area contributed by atoms with Crippen molar-refractivity contribution in [3.05, 3.63) is 200 Å². The average Bonchev–Trinajstić information content (AvgIpc) is 3.68. The second-order valence-corrected chi connectivity index (χ2v) is 14.4. The predicted molar refractivity (Wildman–Crippen MR) is 235 cm³/mol. The highest BCUT2D eigenvalue weighted by Gasteiger charge is 2.19. The van der Waals surface area contributed by atoms with E-state index in [1.807, 2.05) is 36.4 Å². The van der Waals surface area contributed by atoms with Crippen LogP contribution >= 0.6 is 0 Å². The van der Waals surface area contributed by atoms with Gasteiger partial charge in [0, 0.05) is 32.8 Å². The number of aromatic nitrogens is 3. The number of hydrogen-bond acceptors (Lipinski definition) is 4. The van der Waals surface area contributed by atoms with E-state index in [0.29, 0.717) is 17.5 Å². The molecule has 9 aromatic carbocycles. The molecule has 0 aliphatic carbocycles. The largest absolute Gasteiger partial charge is 0.455 e. The van der Waals surface area contributed by atoms with Gasteiger partial charge in [0.15, 0.2) is 17.5 Å². The van der Waals surface area contributed by atoms with E-state index in [9.17, 15) is 0 Å². The van der Waals surface area contributed by atoms with Crippen LogP contribution < -0.4 is 0 Å². The quantitative estimate of drug-likeness (QED) is 0.171. The molecule has 57 heavy (non-hydrogen) atoms. The Morgan fingerprint density at radius 2 is 0.860 bits per heavy atom. The lowest BCUT2D eigenvalue weighted by molar-refractivity contribution is 0.673. The zero-order valence-electron chi connectivity index (χ0n) is 30.8. The number of fused-ring (bicyclic) bond motifs is 6. The Morgan fingerprint density at radius 1 is 0.298 bits per heavy atom. The highest BCUT2D eigenvalue weighted by molar-refractivity contribution is 6.22. The van der Waals surface area contributed by atoms with Gasteiger partial charge in [-0.05, 0) is 73.8 Å². The summed E-state index contributed by atoms with van der Waals surface area (Å²) in [5.41, 5.74) is 11.4. The number of rotatable bonds is 6. The zero-order valence-corrected chi connectivity index (χ0v) is 30.8. The van der Waals surface area contributed by atoms with Gasteiger partial charge in [-0.15, -0.1) is 0 Å². The van der Waals surface area contributed by atoms with Crippen LogP contribution in [0.5, 0.6) is 0 Å². The summed E-state index contributed by atoms with van der Waals surface area (Å²) >= 11 is 0. The van der Waals surface area contributed by atoms with Gasteiger partial charge in [0.05, 0.1) is 0 Å². The first-order chi connectivity index (χ1) is 28.2. The molecule has 2 aromatic heterocycles. The van der Waals surface area contributed by atoms with Gasteiger partial charge in [0.2, 0.25) is 0 Å². The highest BCUT2D eigenvalue weighted by atomic mass is 16.3. The van der Waals surface area contributed by atoms with Gasteiger partial charge < -0.3 is 4.42 Å². The third kappa shape index (κ3) is 5.83. The van der Waals surface area contributed by atoms with E-state index in [1.54, 1.807) is 0 Å². The molecule has 2 heterocycles. The lowest BCUT2D eigenvalue weighted by atomic mass is 9.92. The summed E-state index contributed by atoms with van der Waals surface area (Å²) in [6, 6.07) is 69.9. The Morgan fingerprint density at radius 3 is 1.63 bits per heavy atom. The predicted octanol–water partition coefficient (Wildman–Crippen LogP) is 14.1. The van der Waals surface area contributed by atoms with Gasteiger partial charge >= 0.3 is 0 Å². The second kappa shape index (κ2) is 13.6. The Hall–Kier alpha value is -7.69. The SMILES string of the molecule is c1ccc(-c2cccc(-c3nc(-c4ccccc4)nc(-c4ccc(-c5cccc6oc7c8ccccc8c(-c8ccc9ccccc9c8)cc7c56)cc4)n3)c2)cc1. The summed E-state index contributed by atoms with van der Waals surface area (Å²) < 4.78 is 6.70. The fraction of sp³-hybridized carbons (Fsp3) is 0. The molecular weight excluding hydrogens is 695 g/mol. The Balaban J connectivity index is 1.04. The van der Waals surface area contributed by atoms with Crippen molar-refractivity contribution in [1.82, 2.24) is 15.0 Å². The monoisotopic (exact) mass is 727 g/mol. The van der Waals surface area contributed by atoms with Crippen LogP contribution in [-0.4, -0.2) is 15.0 Å². The summed E-state index contributed by atoms with van der Waals surface area (Å²) in [6.45, 7) is 0. The lowest BCUT2D eigenvalue weighted by Gasteiger charge is -2.11. The summed E-state index contributed by atoms with van der Waals surface area (Å²) in [5, 5.41) is 6.92. The topological polar surface area (TPSA) is 51.8 Å². The van der Waals surface area contributed by atoms with E-state index in [0.717, 1.165) is 66.3 Å². The molecule has 0 amide bonds. The molecular formula is C53H33N3O. The molecule has 0 aliphatic rings. The van der Waals surface area contributed by atoms with Crippen molar-refractivity contribution in [1.29, 1.82) is 0 Å². The maximum absolute atomic E-state index is 6.70. The maximum atomic E-state index is 6.70. The zero-order chi connectivity index (χ0) is 37.7. The summed E-state index contributed by atoms with van der Waals surface area (Å²) in [4.78, 5) is 15.1. The Bertz CT molecular complexity index is 3280. The van der Waals surface area contributed by atoms with Crippen molar-refractivity contribution in [2.24, 2.45) is 0 Å². The van der Waals surface area contributed by atoms with Crippen LogP contribution in [0.1, 0.15) is 0 Å². The van der Waals surface area contributed by atoms with Crippen LogP contribution in [0.25, 0.3) is 111 Å². The van der Waals surface area contributed by atoms with E-state index in [1.165, 1.54) is 27.3 Å². The fourth-order valence-electron chi connectivity index (χ4n) is 8.10. The average molecular weight is 728 g/mol. The number of benzene rings is 9. The van der Waals surface area contributed by atoms with Crippen LogP contribution in [0.3, 0.4) is 0 Å². The molecule has 11 rings (SSSR count). The molecule has 4 nitrogen and oxygen atoms in total. The fourth-order valence-corrected chi connectivity index (χ4v) is 8.10. The Labute approximate surface area is 329 Å². The number of furan rings is 1. The van der Waals surface area contributed by atoms with Crippen molar-refractivity contribution in [2.75, 3.05) is 0 Å². The molecule has 0 spiro atoms. The molecule has 0 unspecified atom stereocenters. The number of nitrogens with zero attached hydrogens (tertiary/aromatic N) is 3. The minimum Gasteiger partial charge on any atom is -0.455 e.